The number of hydrogen-bond donors (Lipinski definition) is 7. The van der Waals surface area contributed by atoms with Crippen molar-refractivity contribution >= 4 is 51.2 Å². The molecule has 16 nitrogen and oxygen atoms in total. The van der Waals surface area contributed by atoms with Gasteiger partial charge in [0, 0.05) is 36.9 Å². The summed E-state index contributed by atoms with van der Waals surface area (Å²) in [5.41, 5.74) is 10.6. The number of carbonyl (C=O) groups excluding carboxylic acids is 6. The Balaban J connectivity index is 2.37. The molecule has 17 heteroatoms. The molecule has 0 aliphatic carbocycles. The summed E-state index contributed by atoms with van der Waals surface area (Å²) in [6.07, 6.45) is 1.73. The molecule has 2 rings (SSSR count). The number of hydrogen-bond acceptors (Lipinski definition) is 10. The van der Waals surface area contributed by atoms with Crippen molar-refractivity contribution in [1.82, 2.24) is 25.6 Å². The van der Waals surface area contributed by atoms with Crippen molar-refractivity contribution in [2.24, 2.45) is 34.6 Å². The zero-order valence-electron chi connectivity index (χ0n) is 38.4. The van der Waals surface area contributed by atoms with E-state index in [1.807, 2.05) is 78.8 Å². The minimum atomic E-state index is -4.60. The first-order valence-corrected chi connectivity index (χ1v) is 22.4. The molecule has 0 bridgehead atoms. The van der Waals surface area contributed by atoms with Crippen LogP contribution in [-0.2, 0) is 39.4 Å². The smallest absolute Gasteiger partial charge is 0.312 e. The van der Waals surface area contributed by atoms with Crippen LogP contribution < -0.4 is 37.5 Å². The van der Waals surface area contributed by atoms with E-state index in [4.69, 9.17) is 11.5 Å². The fourth-order valence-corrected chi connectivity index (χ4v) is 8.28. The maximum Gasteiger partial charge on any atom is 0.312 e. The van der Waals surface area contributed by atoms with Crippen LogP contribution in [0, 0.1) is 23.2 Å². The molecule has 9 N–H and O–H groups in total. The lowest BCUT2D eigenvalue weighted by atomic mass is 9.76. The van der Waals surface area contributed by atoms with Gasteiger partial charge in [0.1, 0.15) is 10.9 Å². The number of amides is 6. The summed E-state index contributed by atoms with van der Waals surface area (Å²) in [5, 5.41) is 11.2. The van der Waals surface area contributed by atoms with Crippen LogP contribution in [0.1, 0.15) is 94.1 Å². The number of rotatable bonds is 22. The van der Waals surface area contributed by atoms with E-state index in [2.05, 4.69) is 26.0 Å². The van der Waals surface area contributed by atoms with Gasteiger partial charge < -0.3 is 37.6 Å². The summed E-state index contributed by atoms with van der Waals surface area (Å²) >= 11 is 0. The zero-order valence-corrected chi connectivity index (χ0v) is 39.2. The molecule has 6 amide bonds. The second kappa shape index (κ2) is 22.8. The number of likely N-dealkylation sites (N-methyl/N-ethyl adjacent to an activating group) is 2. The molecule has 2 aromatic carbocycles. The molecule has 0 heterocycles. The number of anilines is 1. The molecule has 0 radical (unpaired) electrons. The van der Waals surface area contributed by atoms with Crippen LogP contribution in [0.4, 0.5) is 10.5 Å². The topological polar surface area (TPSA) is 252 Å². The maximum atomic E-state index is 14.3. The van der Waals surface area contributed by atoms with E-state index in [0.29, 0.717) is 6.42 Å². The predicted molar refractivity (Wildman–Crippen MR) is 242 cm³/mol. The van der Waals surface area contributed by atoms with Gasteiger partial charge in [0.05, 0.1) is 23.8 Å². The molecule has 5 atom stereocenters. The molecule has 62 heavy (non-hydrogen) atoms. The second-order valence-corrected chi connectivity index (χ2v) is 19.8. The normalized spacial score (nSPS) is 14.9. The monoisotopic (exact) mass is 883 g/mol. The molecule has 2 aromatic rings. The highest BCUT2D eigenvalue weighted by Crippen LogP contribution is 2.30. The van der Waals surface area contributed by atoms with Gasteiger partial charge in [-0.1, -0.05) is 111 Å². The fraction of sp³-hybridized carbons (Fsp3) is 0.556. The van der Waals surface area contributed by atoms with Crippen molar-refractivity contribution in [3.63, 3.8) is 0 Å². The number of urea groups is 1. The number of benzene rings is 2. The van der Waals surface area contributed by atoms with Gasteiger partial charge >= 0.3 is 6.03 Å². The summed E-state index contributed by atoms with van der Waals surface area (Å²) in [5.74, 6) is -4.11. The van der Waals surface area contributed by atoms with E-state index in [-0.39, 0.29) is 54.2 Å². The zero-order chi connectivity index (χ0) is 47.3. The molecule has 0 aromatic heterocycles. The first kappa shape index (κ1) is 53.0. The summed E-state index contributed by atoms with van der Waals surface area (Å²) in [4.78, 5) is 80.7. The maximum absolute atomic E-state index is 14.3. The molecule has 0 aliphatic heterocycles. The van der Waals surface area contributed by atoms with Crippen LogP contribution in [0.5, 0.6) is 0 Å². The Labute approximate surface area is 368 Å². The molecule has 0 spiro atoms. The molecule has 0 aliphatic rings. The second-order valence-electron chi connectivity index (χ2n) is 18.1. The van der Waals surface area contributed by atoms with Crippen LogP contribution in [0.2, 0.25) is 0 Å². The summed E-state index contributed by atoms with van der Waals surface area (Å²) in [7, 11) is -1.34. The number of nitrogens with two attached hydrogens (primary N) is 2. The van der Waals surface area contributed by atoms with Gasteiger partial charge in [0.25, 0.3) is 15.9 Å². The highest BCUT2D eigenvalue weighted by molar-refractivity contribution is 7.90. The van der Waals surface area contributed by atoms with Gasteiger partial charge in [0.2, 0.25) is 17.7 Å². The number of nitrogens with one attached hydrogen (secondary N) is 5. The van der Waals surface area contributed by atoms with Crippen molar-refractivity contribution < 1.29 is 37.2 Å². The molecule has 0 saturated heterocycles. The van der Waals surface area contributed by atoms with Crippen LogP contribution in [-0.4, -0.2) is 93.6 Å². The van der Waals surface area contributed by atoms with E-state index in [1.54, 1.807) is 27.9 Å². The van der Waals surface area contributed by atoms with Gasteiger partial charge in [-0.25, -0.2) is 17.9 Å². The van der Waals surface area contributed by atoms with Crippen LogP contribution in [0.3, 0.4) is 0 Å². The third-order valence-corrected chi connectivity index (χ3v) is 12.4. The summed E-state index contributed by atoms with van der Waals surface area (Å²) in [6.45, 7) is 18.3. The van der Waals surface area contributed by atoms with Gasteiger partial charge in [-0.3, -0.25) is 24.0 Å². The van der Waals surface area contributed by atoms with Gasteiger partial charge in [-0.15, -0.1) is 0 Å². The van der Waals surface area contributed by atoms with E-state index in [0.717, 1.165) is 5.56 Å². The number of nitrogens with zero attached hydrogens (tertiary/aromatic N) is 1. The van der Waals surface area contributed by atoms with Gasteiger partial charge in [0.15, 0.2) is 5.78 Å². The lowest BCUT2D eigenvalue weighted by molar-refractivity contribution is -0.140. The number of ketones is 1. The van der Waals surface area contributed by atoms with E-state index in [1.165, 1.54) is 42.2 Å². The minimum absolute atomic E-state index is 0.00529. The molecule has 0 fully saturated rings. The van der Waals surface area contributed by atoms with Crippen LogP contribution >= 0.6 is 0 Å². The van der Waals surface area contributed by atoms with E-state index >= 15 is 0 Å². The van der Waals surface area contributed by atoms with Crippen LogP contribution in [0.25, 0.3) is 0 Å². The average Bonchev–Trinajstić information content (AvgIpc) is 3.18. The number of sulfonamides is 1. The van der Waals surface area contributed by atoms with E-state index < -0.39 is 79.6 Å². The first-order chi connectivity index (χ1) is 28.7. The third kappa shape index (κ3) is 14.8. The number of carbonyl (C=O) groups is 6. The quantitative estimate of drug-likeness (QED) is 0.0662. The van der Waals surface area contributed by atoms with Gasteiger partial charge in [-0.05, 0) is 61.8 Å². The predicted octanol–water partition coefficient (Wildman–Crippen LogP) is 3.96. The van der Waals surface area contributed by atoms with Crippen molar-refractivity contribution in [3.05, 3.63) is 71.8 Å². The molecule has 0 unspecified atom stereocenters. The number of para-hydroxylation sites is 1. The van der Waals surface area contributed by atoms with Crippen molar-refractivity contribution in [1.29, 1.82) is 0 Å². The largest absolute Gasteiger partial charge is 0.352 e. The van der Waals surface area contributed by atoms with Gasteiger partial charge in [-0.2, -0.15) is 0 Å². The SMILES string of the molecule is CN[C@H](C(=O)N[C@H](C(=O)N(C)[C@H](/C=C(\C)C(=O)NS(=O)(=O)c1ccccc1NC(=O)[C@H](CCCNC(N)=O)CC(=O)[C@@H](N)C(C)C)C(C)C)C(C)(C)C)C(C)(C)c1ccccc1. The first-order valence-electron chi connectivity index (χ1n) is 20.9. The van der Waals surface area contributed by atoms with Crippen molar-refractivity contribution in [2.75, 3.05) is 26.0 Å². The lowest BCUT2D eigenvalue weighted by Gasteiger charge is -2.40. The Kier molecular flexibility index (Phi) is 19.5. The van der Waals surface area contributed by atoms with Crippen molar-refractivity contribution in [2.45, 2.75) is 123 Å². The Hall–Kier alpha value is -5.13. The summed E-state index contributed by atoms with van der Waals surface area (Å²) in [6, 6.07) is 11.2. The summed E-state index contributed by atoms with van der Waals surface area (Å²) < 4.78 is 29.7. The fourth-order valence-electron chi connectivity index (χ4n) is 7.10. The standard InChI is InChI=1S/C45H70N8O8S/c1-27(2)33(53(12)42(58)38(44(6,7)8)51-41(57)37(48-11)45(9,10)31-20-14-13-15-21-31)25-29(5)39(55)52-62(60,61)35-23-17-16-22-32(35)50-40(56)30(19-18-24-49-43(47)59)26-34(54)36(46)28(3)4/h13-17,20-23,25,27-28,30,33,36-38,48H,18-19,24,26,46H2,1-12H3,(H,50,56)(H,51,57)(H,52,55)(H3,47,49,59)/b29-25+/t30-,33-,36+,37-,38-/m1/s1. The molecular formula is C45H70N8O8S. The number of Topliss-reactive ketones (excluding diaryl/α,β-unsaturated/α-hetero) is 1. The van der Waals surface area contributed by atoms with E-state index in [9.17, 15) is 37.2 Å². The van der Waals surface area contributed by atoms with Crippen molar-refractivity contribution in [3.8, 4) is 0 Å². The highest BCUT2D eigenvalue weighted by Gasteiger charge is 2.42. The lowest BCUT2D eigenvalue weighted by Crippen LogP contribution is -2.61. The number of primary amides is 1. The molecular weight excluding hydrogens is 813 g/mol. The minimum Gasteiger partial charge on any atom is -0.352 e. The Bertz CT molecular complexity index is 2030. The Morgan fingerprint density at radius 2 is 1.42 bits per heavy atom. The molecule has 344 valence electrons. The highest BCUT2D eigenvalue weighted by atomic mass is 32.2. The molecule has 0 saturated carbocycles. The Morgan fingerprint density at radius 1 is 0.839 bits per heavy atom. The van der Waals surface area contributed by atoms with Crippen LogP contribution in [0.15, 0.2) is 71.1 Å². The Morgan fingerprint density at radius 3 is 1.95 bits per heavy atom. The third-order valence-electron chi connectivity index (χ3n) is 11.0. The average molecular weight is 883 g/mol.